The van der Waals surface area contributed by atoms with Gasteiger partial charge in [0.05, 0.1) is 0 Å². The second-order valence-electron chi connectivity index (χ2n) is 23.8. The summed E-state index contributed by atoms with van der Waals surface area (Å²) in [5.74, 6) is -0.875. The third-order valence-electron chi connectivity index (χ3n) is 15.7. The molecule has 0 saturated heterocycles. The first kappa shape index (κ1) is 77.9. The van der Waals surface area contributed by atoms with Crippen molar-refractivity contribution in [2.24, 2.45) is 0 Å². The summed E-state index contributed by atoms with van der Waals surface area (Å²) in [6.45, 7) is 6.57. The number of ether oxygens (including phenoxy) is 3. The molecule has 0 aromatic carbocycles. The summed E-state index contributed by atoms with van der Waals surface area (Å²) >= 11 is 0. The van der Waals surface area contributed by atoms with Gasteiger partial charge in [-0.3, -0.25) is 14.4 Å². The molecule has 0 aliphatic rings. The number of hydrogen-bond donors (Lipinski definition) is 0. The Labute approximate surface area is 503 Å². The fourth-order valence-electron chi connectivity index (χ4n) is 10.4. The molecule has 0 N–H and O–H groups in total. The molecule has 6 nitrogen and oxygen atoms in total. The Bertz CT molecular complexity index is 1490. The van der Waals surface area contributed by atoms with Gasteiger partial charge >= 0.3 is 17.9 Å². The highest BCUT2D eigenvalue weighted by atomic mass is 16.6. The van der Waals surface area contributed by atoms with Gasteiger partial charge in [0, 0.05) is 19.3 Å². The van der Waals surface area contributed by atoms with Crippen LogP contribution in [-0.4, -0.2) is 37.2 Å². The monoisotopic (exact) mass is 1130 g/mol. The molecular formula is C75H134O6. The van der Waals surface area contributed by atoms with E-state index in [0.717, 1.165) is 109 Å². The smallest absolute Gasteiger partial charge is 0.306 e. The number of hydrogen-bond acceptors (Lipinski definition) is 6. The van der Waals surface area contributed by atoms with Crippen LogP contribution in [0.4, 0.5) is 0 Å². The van der Waals surface area contributed by atoms with Gasteiger partial charge in [0.25, 0.3) is 0 Å². The lowest BCUT2D eigenvalue weighted by Crippen LogP contribution is -2.30. The second kappa shape index (κ2) is 69.3. The molecule has 1 unspecified atom stereocenters. The number of esters is 3. The number of unbranched alkanes of at least 4 members (excludes halogenated alkanes) is 42. The Morgan fingerprint density at radius 2 is 0.481 bits per heavy atom. The van der Waals surface area contributed by atoms with E-state index in [1.165, 1.54) is 218 Å². The third-order valence-corrected chi connectivity index (χ3v) is 15.7. The number of allylic oxidation sites excluding steroid dienone is 12. The van der Waals surface area contributed by atoms with Crippen LogP contribution >= 0.6 is 0 Å². The molecule has 0 heterocycles. The molecule has 6 heteroatoms. The summed E-state index contributed by atoms with van der Waals surface area (Å²) in [7, 11) is 0. The zero-order valence-corrected chi connectivity index (χ0v) is 54.1. The summed E-state index contributed by atoms with van der Waals surface area (Å²) in [5, 5.41) is 0. The maximum absolute atomic E-state index is 13.0. The lowest BCUT2D eigenvalue weighted by Gasteiger charge is -2.18. The zero-order valence-electron chi connectivity index (χ0n) is 54.1. The van der Waals surface area contributed by atoms with E-state index < -0.39 is 6.10 Å². The molecule has 0 aromatic rings. The molecule has 0 spiro atoms. The summed E-state index contributed by atoms with van der Waals surface area (Å²) in [6, 6.07) is 0. The average Bonchev–Trinajstić information content (AvgIpc) is 3.47. The Morgan fingerprint density at radius 3 is 0.765 bits per heavy atom. The van der Waals surface area contributed by atoms with Crippen LogP contribution in [0.25, 0.3) is 0 Å². The van der Waals surface area contributed by atoms with Gasteiger partial charge in [-0.15, -0.1) is 0 Å². The van der Waals surface area contributed by atoms with Gasteiger partial charge in [-0.05, 0) is 89.9 Å². The van der Waals surface area contributed by atoms with Gasteiger partial charge in [-0.25, -0.2) is 0 Å². The van der Waals surface area contributed by atoms with Crippen molar-refractivity contribution < 1.29 is 28.6 Å². The Kier molecular flexibility index (Phi) is 66.6. The van der Waals surface area contributed by atoms with Gasteiger partial charge < -0.3 is 14.2 Å². The lowest BCUT2D eigenvalue weighted by atomic mass is 10.0. The SMILES string of the molecule is CC/C=C\C/C=C\C/C=C\C/C=C\C/C=C\CCCCCCCC(=O)OC(COC(=O)CCCCCCCCCCCCCCC/C=C\CCCCCCCCCC)COC(=O)CCCCCCCCCCCCCCCCCCC. The van der Waals surface area contributed by atoms with E-state index in [-0.39, 0.29) is 31.1 Å². The first-order chi connectivity index (χ1) is 40.0. The lowest BCUT2D eigenvalue weighted by molar-refractivity contribution is -0.167. The van der Waals surface area contributed by atoms with E-state index in [0.29, 0.717) is 19.3 Å². The highest BCUT2D eigenvalue weighted by Gasteiger charge is 2.19. The van der Waals surface area contributed by atoms with E-state index >= 15 is 0 Å². The summed E-state index contributed by atoms with van der Waals surface area (Å²) in [6.07, 6.45) is 90.7. The molecule has 0 fully saturated rings. The molecule has 0 aliphatic carbocycles. The predicted octanol–water partition coefficient (Wildman–Crippen LogP) is 24.4. The van der Waals surface area contributed by atoms with Crippen molar-refractivity contribution in [3.05, 3.63) is 72.9 Å². The van der Waals surface area contributed by atoms with Crippen molar-refractivity contribution in [3.8, 4) is 0 Å². The van der Waals surface area contributed by atoms with Crippen LogP contribution in [0.3, 0.4) is 0 Å². The minimum atomic E-state index is -0.786. The van der Waals surface area contributed by atoms with Crippen molar-refractivity contribution in [1.82, 2.24) is 0 Å². The molecule has 0 aliphatic heterocycles. The maximum Gasteiger partial charge on any atom is 0.306 e. The van der Waals surface area contributed by atoms with E-state index in [9.17, 15) is 14.4 Å². The van der Waals surface area contributed by atoms with Crippen LogP contribution in [-0.2, 0) is 28.6 Å². The molecule has 0 saturated carbocycles. The van der Waals surface area contributed by atoms with E-state index in [1.54, 1.807) is 0 Å². The largest absolute Gasteiger partial charge is 0.462 e. The van der Waals surface area contributed by atoms with Crippen molar-refractivity contribution in [3.63, 3.8) is 0 Å². The van der Waals surface area contributed by atoms with Crippen LogP contribution in [0.1, 0.15) is 367 Å². The summed E-state index contributed by atoms with van der Waals surface area (Å²) in [5.41, 5.74) is 0. The molecule has 470 valence electrons. The standard InChI is InChI=1S/C75H134O6/c1-4-7-10-13-16-19-22-25-28-31-33-35-36-37-38-40-41-44-47-50-53-56-59-62-65-68-74(77)80-71-72(70-79-73(76)67-64-61-58-55-52-49-46-43-30-27-24-21-18-15-12-9-6-3)81-75(78)69-66-63-60-57-54-51-48-45-42-39-34-32-29-26-23-20-17-14-11-8-5-2/h8,11,17,20,26,29,31,33-34,39,45,48,72H,4-7,9-10,12-16,18-19,21-25,27-28,30,32,35-38,40-44,46-47,49-71H2,1-3H3/b11-8-,20-17-,29-26-,33-31-,39-34-,48-45-. The Balaban J connectivity index is 4.35. The molecule has 0 rings (SSSR count). The highest BCUT2D eigenvalue weighted by Crippen LogP contribution is 2.18. The van der Waals surface area contributed by atoms with E-state index in [4.69, 9.17) is 14.2 Å². The van der Waals surface area contributed by atoms with E-state index in [1.807, 2.05) is 0 Å². The third kappa shape index (κ3) is 67.5. The first-order valence-corrected chi connectivity index (χ1v) is 35.4. The number of carbonyl (C=O) groups is 3. The highest BCUT2D eigenvalue weighted by molar-refractivity contribution is 5.71. The maximum atomic E-state index is 13.0. The minimum Gasteiger partial charge on any atom is -0.462 e. The van der Waals surface area contributed by atoms with E-state index in [2.05, 4.69) is 93.7 Å². The molecule has 81 heavy (non-hydrogen) atoms. The first-order valence-electron chi connectivity index (χ1n) is 35.4. The predicted molar refractivity (Wildman–Crippen MR) is 353 cm³/mol. The molecule has 0 amide bonds. The topological polar surface area (TPSA) is 78.9 Å². The molecule has 1 atom stereocenters. The van der Waals surface area contributed by atoms with Crippen LogP contribution in [0.5, 0.6) is 0 Å². The molecule has 0 radical (unpaired) electrons. The minimum absolute atomic E-state index is 0.0794. The van der Waals surface area contributed by atoms with Crippen LogP contribution < -0.4 is 0 Å². The second-order valence-corrected chi connectivity index (χ2v) is 23.8. The van der Waals surface area contributed by atoms with Crippen LogP contribution in [0.15, 0.2) is 72.9 Å². The average molecular weight is 1130 g/mol. The van der Waals surface area contributed by atoms with Crippen LogP contribution in [0, 0.1) is 0 Å². The van der Waals surface area contributed by atoms with Crippen LogP contribution in [0.2, 0.25) is 0 Å². The number of carbonyl (C=O) groups excluding carboxylic acids is 3. The molecular weight excluding hydrogens is 997 g/mol. The Morgan fingerprint density at radius 1 is 0.259 bits per heavy atom. The van der Waals surface area contributed by atoms with Crippen molar-refractivity contribution in [1.29, 1.82) is 0 Å². The fourth-order valence-corrected chi connectivity index (χ4v) is 10.4. The van der Waals surface area contributed by atoms with Gasteiger partial charge in [-0.2, -0.15) is 0 Å². The van der Waals surface area contributed by atoms with Crippen molar-refractivity contribution in [2.45, 2.75) is 374 Å². The molecule has 0 aromatic heterocycles. The normalized spacial score (nSPS) is 12.5. The Hall–Kier alpha value is -3.15. The van der Waals surface area contributed by atoms with Gasteiger partial charge in [0.1, 0.15) is 13.2 Å². The zero-order chi connectivity index (χ0) is 58.5. The summed E-state index contributed by atoms with van der Waals surface area (Å²) in [4.78, 5) is 38.5. The van der Waals surface area contributed by atoms with Gasteiger partial charge in [0.2, 0.25) is 0 Å². The van der Waals surface area contributed by atoms with Gasteiger partial charge in [-0.1, -0.05) is 331 Å². The van der Waals surface area contributed by atoms with Crippen molar-refractivity contribution >= 4 is 17.9 Å². The number of rotatable bonds is 65. The van der Waals surface area contributed by atoms with Crippen molar-refractivity contribution in [2.75, 3.05) is 13.2 Å². The summed E-state index contributed by atoms with van der Waals surface area (Å²) < 4.78 is 17.0. The molecule has 0 bridgehead atoms. The van der Waals surface area contributed by atoms with Gasteiger partial charge in [0.15, 0.2) is 6.10 Å². The fraction of sp³-hybridized carbons (Fsp3) is 0.800. The quantitative estimate of drug-likeness (QED) is 0.0261.